The van der Waals surface area contributed by atoms with Crippen LogP contribution in [0.25, 0.3) is 11.3 Å². The van der Waals surface area contributed by atoms with E-state index in [9.17, 15) is 4.79 Å². The molecule has 0 aliphatic rings. The number of thiazole rings is 1. The Labute approximate surface area is 196 Å². The number of anilines is 3. The number of rotatable bonds is 8. The minimum absolute atomic E-state index is 0.263. The third-order valence-electron chi connectivity index (χ3n) is 4.92. The number of carbonyl (C=O) groups excluding carboxylic acids is 1. The molecule has 0 aliphatic heterocycles. The molecule has 8 heteroatoms. The molecule has 2 N–H and O–H groups in total. The fourth-order valence-electron chi connectivity index (χ4n) is 3.20. The molecular formula is C25H23N3O4S. The first-order valence-corrected chi connectivity index (χ1v) is 11.0. The van der Waals surface area contributed by atoms with E-state index < -0.39 is 0 Å². The minimum Gasteiger partial charge on any atom is -0.497 e. The average Bonchev–Trinajstić information content (AvgIpc) is 3.32. The highest BCUT2D eigenvalue weighted by Gasteiger charge is 2.14. The Morgan fingerprint density at radius 3 is 2.33 bits per heavy atom. The van der Waals surface area contributed by atoms with Crippen LogP contribution in [0, 0.1) is 0 Å². The van der Waals surface area contributed by atoms with Gasteiger partial charge in [-0.05, 0) is 36.4 Å². The summed E-state index contributed by atoms with van der Waals surface area (Å²) in [6, 6.07) is 20.3. The molecule has 0 saturated carbocycles. The summed E-state index contributed by atoms with van der Waals surface area (Å²) in [5, 5.41) is 8.95. The Morgan fingerprint density at radius 1 is 0.848 bits per heavy atom. The molecule has 168 valence electrons. The molecule has 1 amide bonds. The lowest BCUT2D eigenvalue weighted by Gasteiger charge is -2.11. The zero-order chi connectivity index (χ0) is 23.2. The van der Waals surface area contributed by atoms with Crippen LogP contribution >= 0.6 is 11.3 Å². The number of hydrogen-bond acceptors (Lipinski definition) is 7. The van der Waals surface area contributed by atoms with Crippen molar-refractivity contribution in [1.82, 2.24) is 4.98 Å². The minimum atomic E-state index is -0.263. The van der Waals surface area contributed by atoms with Crippen molar-refractivity contribution in [2.24, 2.45) is 0 Å². The summed E-state index contributed by atoms with van der Waals surface area (Å²) < 4.78 is 15.8. The normalized spacial score (nSPS) is 10.4. The van der Waals surface area contributed by atoms with E-state index in [0.29, 0.717) is 22.7 Å². The van der Waals surface area contributed by atoms with Crippen molar-refractivity contribution >= 4 is 33.8 Å². The number of aromatic nitrogens is 1. The van der Waals surface area contributed by atoms with E-state index in [-0.39, 0.29) is 5.91 Å². The standard InChI is InChI=1S/C25H23N3O4S/c1-30-19-6-4-5-18(13-19)27-25-28-22(15-33-25)16-7-9-17(10-8-16)26-24(29)21-12-11-20(31-2)14-23(21)32-3/h4-15H,1-3H3,(H,26,29)(H,27,28). The summed E-state index contributed by atoms with van der Waals surface area (Å²) >= 11 is 1.51. The largest absolute Gasteiger partial charge is 0.497 e. The molecule has 0 aliphatic carbocycles. The van der Waals surface area contributed by atoms with Crippen molar-refractivity contribution in [3.05, 3.63) is 77.7 Å². The van der Waals surface area contributed by atoms with E-state index in [0.717, 1.165) is 27.8 Å². The average molecular weight is 462 g/mol. The van der Waals surface area contributed by atoms with Crippen LogP contribution in [0.5, 0.6) is 17.2 Å². The zero-order valence-corrected chi connectivity index (χ0v) is 19.2. The van der Waals surface area contributed by atoms with E-state index in [1.807, 2.05) is 53.9 Å². The molecule has 1 aromatic heterocycles. The third-order valence-corrected chi connectivity index (χ3v) is 5.67. The van der Waals surface area contributed by atoms with Crippen LogP contribution in [0.4, 0.5) is 16.5 Å². The van der Waals surface area contributed by atoms with E-state index in [1.54, 1.807) is 32.4 Å². The lowest BCUT2D eigenvalue weighted by atomic mass is 10.1. The van der Waals surface area contributed by atoms with E-state index in [2.05, 4.69) is 15.6 Å². The molecule has 0 atom stereocenters. The smallest absolute Gasteiger partial charge is 0.259 e. The van der Waals surface area contributed by atoms with Gasteiger partial charge in [-0.25, -0.2) is 4.98 Å². The highest BCUT2D eigenvalue weighted by atomic mass is 32.1. The van der Waals surface area contributed by atoms with Gasteiger partial charge < -0.3 is 24.8 Å². The van der Waals surface area contributed by atoms with Crippen molar-refractivity contribution in [2.75, 3.05) is 32.0 Å². The van der Waals surface area contributed by atoms with Crippen molar-refractivity contribution in [3.63, 3.8) is 0 Å². The first kappa shape index (κ1) is 22.2. The molecule has 4 aromatic rings. The van der Waals surface area contributed by atoms with Crippen molar-refractivity contribution < 1.29 is 19.0 Å². The number of benzene rings is 3. The summed E-state index contributed by atoms with van der Waals surface area (Å²) in [6.07, 6.45) is 0. The molecule has 33 heavy (non-hydrogen) atoms. The molecule has 0 fully saturated rings. The summed E-state index contributed by atoms with van der Waals surface area (Å²) in [7, 11) is 4.72. The second kappa shape index (κ2) is 10.1. The number of amides is 1. The fourth-order valence-corrected chi connectivity index (χ4v) is 3.94. The van der Waals surface area contributed by atoms with Crippen LogP contribution in [0.1, 0.15) is 10.4 Å². The number of methoxy groups -OCH3 is 3. The number of ether oxygens (including phenoxy) is 3. The van der Waals surface area contributed by atoms with Gasteiger partial charge >= 0.3 is 0 Å². The number of nitrogens with zero attached hydrogens (tertiary/aromatic N) is 1. The van der Waals surface area contributed by atoms with Gasteiger partial charge in [0, 0.05) is 34.5 Å². The second-order valence-corrected chi connectivity index (χ2v) is 7.85. The molecule has 1 heterocycles. The molecule has 0 spiro atoms. The molecule has 0 radical (unpaired) electrons. The maximum absolute atomic E-state index is 12.7. The predicted molar refractivity (Wildman–Crippen MR) is 131 cm³/mol. The van der Waals surface area contributed by atoms with Gasteiger partial charge in [-0.3, -0.25) is 4.79 Å². The summed E-state index contributed by atoms with van der Waals surface area (Å²) in [4.78, 5) is 17.4. The van der Waals surface area contributed by atoms with Gasteiger partial charge in [-0.15, -0.1) is 11.3 Å². The Bertz CT molecular complexity index is 1250. The monoisotopic (exact) mass is 461 g/mol. The lowest BCUT2D eigenvalue weighted by Crippen LogP contribution is -2.13. The predicted octanol–water partition coefficient (Wildman–Crippen LogP) is 5.83. The van der Waals surface area contributed by atoms with Crippen LogP contribution in [-0.4, -0.2) is 32.2 Å². The third kappa shape index (κ3) is 5.24. The number of carbonyl (C=O) groups is 1. The van der Waals surface area contributed by atoms with Gasteiger partial charge in [-0.1, -0.05) is 18.2 Å². The van der Waals surface area contributed by atoms with Gasteiger partial charge in [0.2, 0.25) is 0 Å². The number of nitrogens with one attached hydrogen (secondary N) is 2. The molecule has 0 saturated heterocycles. The van der Waals surface area contributed by atoms with Gasteiger partial charge in [0.25, 0.3) is 5.91 Å². The van der Waals surface area contributed by atoms with Gasteiger partial charge in [-0.2, -0.15) is 0 Å². The van der Waals surface area contributed by atoms with E-state index in [1.165, 1.54) is 18.4 Å². The highest BCUT2D eigenvalue weighted by molar-refractivity contribution is 7.14. The van der Waals surface area contributed by atoms with Crippen LogP contribution in [0.15, 0.2) is 72.1 Å². The molecule has 0 bridgehead atoms. The van der Waals surface area contributed by atoms with Gasteiger partial charge in [0.15, 0.2) is 5.13 Å². The Morgan fingerprint density at radius 2 is 1.61 bits per heavy atom. The molecule has 3 aromatic carbocycles. The molecular weight excluding hydrogens is 438 g/mol. The van der Waals surface area contributed by atoms with Crippen molar-refractivity contribution in [3.8, 4) is 28.5 Å². The first-order valence-electron chi connectivity index (χ1n) is 10.1. The van der Waals surface area contributed by atoms with Gasteiger partial charge in [0.05, 0.1) is 32.6 Å². The fraction of sp³-hybridized carbons (Fsp3) is 0.120. The van der Waals surface area contributed by atoms with E-state index in [4.69, 9.17) is 14.2 Å². The molecule has 7 nitrogen and oxygen atoms in total. The molecule has 4 rings (SSSR count). The maximum Gasteiger partial charge on any atom is 0.259 e. The van der Waals surface area contributed by atoms with Crippen LogP contribution in [0.2, 0.25) is 0 Å². The quantitative estimate of drug-likeness (QED) is 0.343. The Kier molecular flexibility index (Phi) is 6.75. The SMILES string of the molecule is COc1cccc(Nc2nc(-c3ccc(NC(=O)c4ccc(OC)cc4OC)cc3)cs2)c1. The summed E-state index contributed by atoms with van der Waals surface area (Å²) in [5.41, 5.74) is 3.80. The van der Waals surface area contributed by atoms with Gasteiger partial charge in [0.1, 0.15) is 17.2 Å². The highest BCUT2D eigenvalue weighted by Crippen LogP contribution is 2.30. The Hall–Kier alpha value is -4.04. The topological polar surface area (TPSA) is 81.7 Å². The summed E-state index contributed by atoms with van der Waals surface area (Å²) in [6.45, 7) is 0. The van der Waals surface area contributed by atoms with Crippen LogP contribution in [-0.2, 0) is 0 Å². The number of hydrogen-bond donors (Lipinski definition) is 2. The summed E-state index contributed by atoms with van der Waals surface area (Å²) in [5.74, 6) is 1.58. The lowest BCUT2D eigenvalue weighted by molar-refractivity contribution is 0.102. The van der Waals surface area contributed by atoms with Crippen molar-refractivity contribution in [1.29, 1.82) is 0 Å². The van der Waals surface area contributed by atoms with Crippen LogP contribution in [0.3, 0.4) is 0 Å². The molecule has 0 unspecified atom stereocenters. The second-order valence-electron chi connectivity index (χ2n) is 6.99. The zero-order valence-electron chi connectivity index (χ0n) is 18.4. The Balaban J connectivity index is 1.44. The maximum atomic E-state index is 12.7. The van der Waals surface area contributed by atoms with E-state index >= 15 is 0 Å². The van der Waals surface area contributed by atoms with Crippen LogP contribution < -0.4 is 24.8 Å². The first-order chi connectivity index (χ1) is 16.1. The van der Waals surface area contributed by atoms with Crippen molar-refractivity contribution in [2.45, 2.75) is 0 Å².